The van der Waals surface area contributed by atoms with Crippen molar-refractivity contribution < 1.29 is 9.59 Å². The van der Waals surface area contributed by atoms with Gasteiger partial charge in [-0.05, 0) is 44.6 Å². The van der Waals surface area contributed by atoms with Gasteiger partial charge in [-0.25, -0.2) is 4.98 Å². The molecule has 2 amide bonds. The van der Waals surface area contributed by atoms with E-state index in [1.165, 1.54) is 28.0 Å². The molecule has 8 heteroatoms. The smallest absolute Gasteiger partial charge is 0.251 e. The van der Waals surface area contributed by atoms with E-state index < -0.39 is 5.91 Å². The van der Waals surface area contributed by atoms with Crippen LogP contribution < -0.4 is 11.1 Å². The van der Waals surface area contributed by atoms with Crippen LogP contribution in [0, 0.1) is 19.8 Å². The van der Waals surface area contributed by atoms with Crippen LogP contribution in [0.1, 0.15) is 52.5 Å². The molecule has 0 aromatic carbocycles. The number of hydrogen-bond donors (Lipinski definition) is 2. The molecular formula is C19H26N4O2S2. The van der Waals surface area contributed by atoms with E-state index in [4.69, 9.17) is 5.73 Å². The van der Waals surface area contributed by atoms with Gasteiger partial charge in [-0.1, -0.05) is 25.6 Å². The Kier molecular flexibility index (Phi) is 5.95. The Morgan fingerprint density at radius 1 is 1.33 bits per heavy atom. The van der Waals surface area contributed by atoms with Gasteiger partial charge in [0.25, 0.3) is 5.91 Å². The summed E-state index contributed by atoms with van der Waals surface area (Å²) in [4.78, 5) is 30.1. The lowest BCUT2D eigenvalue weighted by Gasteiger charge is -2.12. The second-order valence-electron chi connectivity index (χ2n) is 7.33. The summed E-state index contributed by atoms with van der Waals surface area (Å²) in [7, 11) is 0. The topological polar surface area (TPSA) is 90.0 Å². The van der Waals surface area contributed by atoms with Crippen molar-refractivity contribution in [3.63, 3.8) is 0 Å². The normalized spacial score (nSPS) is 13.2. The quantitative estimate of drug-likeness (QED) is 0.688. The molecule has 0 saturated heterocycles. The Hall–Kier alpha value is -1.80. The second-order valence-corrected chi connectivity index (χ2v) is 9.38. The zero-order chi connectivity index (χ0) is 19.7. The van der Waals surface area contributed by atoms with Crippen LogP contribution in [-0.4, -0.2) is 27.1 Å². The van der Waals surface area contributed by atoms with Gasteiger partial charge in [-0.15, -0.1) is 11.3 Å². The van der Waals surface area contributed by atoms with Crippen LogP contribution in [0.2, 0.25) is 0 Å². The average Bonchev–Trinajstić information content (AvgIpc) is 3.21. The van der Waals surface area contributed by atoms with Crippen molar-refractivity contribution >= 4 is 39.9 Å². The van der Waals surface area contributed by atoms with Crippen molar-refractivity contribution in [3.8, 4) is 0 Å². The largest absolute Gasteiger partial charge is 0.365 e. The van der Waals surface area contributed by atoms with E-state index >= 15 is 0 Å². The molecule has 0 aliphatic heterocycles. The number of nitrogens with zero attached hydrogens (tertiary/aromatic N) is 2. The first-order valence-corrected chi connectivity index (χ1v) is 11.0. The highest BCUT2D eigenvalue weighted by molar-refractivity contribution is 7.99. The van der Waals surface area contributed by atoms with Gasteiger partial charge in [0.1, 0.15) is 5.00 Å². The van der Waals surface area contributed by atoms with E-state index in [1.54, 1.807) is 0 Å². The number of rotatable bonds is 7. The number of nitrogens with one attached hydrogen (secondary N) is 1. The van der Waals surface area contributed by atoms with Crippen LogP contribution in [0.4, 0.5) is 5.00 Å². The van der Waals surface area contributed by atoms with Gasteiger partial charge < -0.3 is 15.6 Å². The van der Waals surface area contributed by atoms with Crippen molar-refractivity contribution in [1.29, 1.82) is 0 Å². The molecule has 0 unspecified atom stereocenters. The maximum Gasteiger partial charge on any atom is 0.251 e. The summed E-state index contributed by atoms with van der Waals surface area (Å²) < 4.78 is 2.17. The van der Waals surface area contributed by atoms with Crippen LogP contribution in [-0.2, 0) is 24.2 Å². The van der Waals surface area contributed by atoms with Gasteiger partial charge in [0.2, 0.25) is 5.91 Å². The molecule has 0 bridgehead atoms. The number of anilines is 1. The van der Waals surface area contributed by atoms with Gasteiger partial charge in [-0.2, -0.15) is 0 Å². The maximum absolute atomic E-state index is 12.5. The van der Waals surface area contributed by atoms with Gasteiger partial charge in [0.15, 0.2) is 5.16 Å². The first kappa shape index (κ1) is 19.9. The molecule has 3 rings (SSSR count). The molecule has 3 N–H and O–H groups in total. The van der Waals surface area contributed by atoms with Crippen LogP contribution in [0.25, 0.3) is 0 Å². The zero-order valence-corrected chi connectivity index (χ0v) is 17.9. The molecule has 0 spiro atoms. The number of carbonyl (C=O) groups excluding carboxylic acids is 2. The molecule has 6 nitrogen and oxygen atoms in total. The summed E-state index contributed by atoms with van der Waals surface area (Å²) in [6.45, 7) is 9.25. The SMILES string of the molecule is Cc1nc(SCC(=O)Nc2sc3c(c2C(N)=O)CCC3)n(CC(C)C)c1C. The minimum absolute atomic E-state index is 0.142. The fraction of sp³-hybridized carbons (Fsp3) is 0.526. The van der Waals surface area contributed by atoms with Gasteiger partial charge in [0.05, 0.1) is 17.0 Å². The number of aryl methyl sites for hydroxylation is 2. The summed E-state index contributed by atoms with van der Waals surface area (Å²) in [5, 5.41) is 4.35. The second kappa shape index (κ2) is 8.06. The number of hydrogen-bond acceptors (Lipinski definition) is 5. The Balaban J connectivity index is 1.70. The lowest BCUT2D eigenvalue weighted by Crippen LogP contribution is -2.19. The molecule has 0 saturated carbocycles. The maximum atomic E-state index is 12.5. The van der Waals surface area contributed by atoms with E-state index in [-0.39, 0.29) is 11.7 Å². The third-order valence-corrected chi connectivity index (χ3v) is 6.91. The van der Waals surface area contributed by atoms with Crippen LogP contribution in [0.15, 0.2) is 5.16 Å². The number of fused-ring (bicyclic) bond motifs is 1. The number of imidazole rings is 1. The highest BCUT2D eigenvalue weighted by atomic mass is 32.2. The Morgan fingerprint density at radius 3 is 2.74 bits per heavy atom. The number of aromatic nitrogens is 2. The molecule has 27 heavy (non-hydrogen) atoms. The number of primary amides is 1. The van der Waals surface area contributed by atoms with E-state index in [0.717, 1.165) is 47.9 Å². The summed E-state index contributed by atoms with van der Waals surface area (Å²) >= 11 is 2.91. The van der Waals surface area contributed by atoms with E-state index in [1.807, 2.05) is 6.92 Å². The molecule has 1 aliphatic carbocycles. The zero-order valence-electron chi connectivity index (χ0n) is 16.2. The van der Waals surface area contributed by atoms with Crippen LogP contribution in [0.3, 0.4) is 0 Å². The minimum atomic E-state index is -0.462. The van der Waals surface area contributed by atoms with E-state index in [2.05, 4.69) is 35.6 Å². The Bertz CT molecular complexity index is 883. The molecule has 0 fully saturated rings. The number of carbonyl (C=O) groups is 2. The predicted octanol–water partition coefficient (Wildman–Crippen LogP) is 3.54. The van der Waals surface area contributed by atoms with Crippen molar-refractivity contribution in [2.24, 2.45) is 11.7 Å². The number of thiophene rings is 1. The highest BCUT2D eigenvalue weighted by Crippen LogP contribution is 2.39. The van der Waals surface area contributed by atoms with Crippen molar-refractivity contribution in [2.45, 2.75) is 58.7 Å². The van der Waals surface area contributed by atoms with Crippen LogP contribution >= 0.6 is 23.1 Å². The first-order chi connectivity index (χ1) is 12.8. The molecule has 0 radical (unpaired) electrons. The van der Waals surface area contributed by atoms with Crippen LogP contribution in [0.5, 0.6) is 0 Å². The molecular weight excluding hydrogens is 380 g/mol. The van der Waals surface area contributed by atoms with Gasteiger partial charge in [-0.3, -0.25) is 9.59 Å². The predicted molar refractivity (Wildman–Crippen MR) is 111 cm³/mol. The molecule has 2 aromatic rings. The number of thioether (sulfide) groups is 1. The first-order valence-electron chi connectivity index (χ1n) is 9.18. The molecule has 0 atom stereocenters. The highest BCUT2D eigenvalue weighted by Gasteiger charge is 2.26. The Labute approximate surface area is 167 Å². The average molecular weight is 407 g/mol. The number of amides is 2. The third kappa shape index (κ3) is 4.21. The summed E-state index contributed by atoms with van der Waals surface area (Å²) in [6, 6.07) is 0. The Morgan fingerprint density at radius 2 is 2.07 bits per heavy atom. The third-order valence-electron chi connectivity index (χ3n) is 4.72. The van der Waals surface area contributed by atoms with Crippen molar-refractivity contribution in [1.82, 2.24) is 9.55 Å². The lowest BCUT2D eigenvalue weighted by molar-refractivity contribution is -0.113. The van der Waals surface area contributed by atoms with E-state index in [0.29, 0.717) is 16.5 Å². The summed E-state index contributed by atoms with van der Waals surface area (Å²) in [6.07, 6.45) is 2.86. The van der Waals surface area contributed by atoms with E-state index in [9.17, 15) is 9.59 Å². The molecule has 2 aromatic heterocycles. The summed E-state index contributed by atoms with van der Waals surface area (Å²) in [5.41, 5.74) is 9.20. The number of nitrogens with two attached hydrogens (primary N) is 1. The van der Waals surface area contributed by atoms with Crippen molar-refractivity contribution in [2.75, 3.05) is 11.1 Å². The summed E-state index contributed by atoms with van der Waals surface area (Å²) in [5.74, 6) is 0.138. The molecule has 1 aliphatic rings. The standard InChI is InChI=1S/C19H26N4O2S2/c1-10(2)8-23-12(4)11(3)21-19(23)26-9-15(24)22-18-16(17(20)25)13-6-5-7-14(13)27-18/h10H,5-9H2,1-4H3,(H2,20,25)(H,22,24). The fourth-order valence-electron chi connectivity index (χ4n) is 3.36. The van der Waals surface area contributed by atoms with Gasteiger partial charge in [0, 0.05) is 17.1 Å². The molecule has 2 heterocycles. The molecule has 146 valence electrons. The monoisotopic (exact) mass is 406 g/mol. The van der Waals surface area contributed by atoms with Gasteiger partial charge >= 0.3 is 0 Å². The lowest BCUT2D eigenvalue weighted by atomic mass is 10.1. The minimum Gasteiger partial charge on any atom is -0.365 e. The fourth-order valence-corrected chi connectivity index (χ4v) is 5.57. The van der Waals surface area contributed by atoms with Crippen molar-refractivity contribution in [3.05, 3.63) is 27.4 Å².